The van der Waals surface area contributed by atoms with Crippen LogP contribution >= 0.6 is 0 Å². The minimum absolute atomic E-state index is 0.00503. The van der Waals surface area contributed by atoms with Crippen LogP contribution in [0.3, 0.4) is 0 Å². The fourth-order valence-corrected chi connectivity index (χ4v) is 3.37. The van der Waals surface area contributed by atoms with E-state index in [1.165, 1.54) is 62.5 Å². The third kappa shape index (κ3) is 5.87. The number of nitrogens with one attached hydrogen (secondary N) is 2. The predicted octanol–water partition coefficient (Wildman–Crippen LogP) is 1.72. The van der Waals surface area contributed by atoms with Crippen LogP contribution in [0, 0.1) is 5.82 Å². The number of sulfonamides is 1. The van der Waals surface area contributed by atoms with E-state index >= 15 is 0 Å². The first-order chi connectivity index (χ1) is 12.7. The molecule has 0 unspecified atom stereocenters. The molecule has 2 rings (SSSR count). The van der Waals surface area contributed by atoms with Crippen molar-refractivity contribution in [3.05, 3.63) is 59.9 Å². The average Bonchev–Trinajstić information content (AvgIpc) is 2.61. The Morgan fingerprint density at radius 1 is 1.04 bits per heavy atom. The summed E-state index contributed by atoms with van der Waals surface area (Å²) in [7, 11) is -2.56. The molecule has 0 atom stereocenters. The molecule has 144 valence electrons. The number of amides is 2. The molecule has 0 aromatic heterocycles. The molecule has 0 aliphatic heterocycles. The molecule has 0 aliphatic rings. The normalized spacial score (nSPS) is 11.3. The Balaban J connectivity index is 1.96. The maximum absolute atomic E-state index is 12.9. The minimum Gasteiger partial charge on any atom is -0.351 e. The van der Waals surface area contributed by atoms with Gasteiger partial charge in [0.2, 0.25) is 21.8 Å². The van der Waals surface area contributed by atoms with Crippen LogP contribution in [0.15, 0.2) is 53.4 Å². The van der Waals surface area contributed by atoms with E-state index in [0.29, 0.717) is 11.3 Å². The second-order valence-corrected chi connectivity index (χ2v) is 7.91. The molecule has 2 aromatic carbocycles. The Morgan fingerprint density at radius 2 is 1.63 bits per heavy atom. The number of nitrogens with zero attached hydrogens (tertiary/aromatic N) is 1. The zero-order valence-electron chi connectivity index (χ0n) is 14.9. The quantitative estimate of drug-likeness (QED) is 0.749. The van der Waals surface area contributed by atoms with Crippen LogP contribution in [-0.2, 0) is 26.2 Å². The molecule has 7 nitrogen and oxygen atoms in total. The molecule has 2 N–H and O–H groups in total. The molecule has 0 heterocycles. The summed E-state index contributed by atoms with van der Waals surface area (Å²) in [6, 6.07) is 11.3. The van der Waals surface area contributed by atoms with Gasteiger partial charge in [-0.3, -0.25) is 9.59 Å². The van der Waals surface area contributed by atoms with E-state index in [9.17, 15) is 22.4 Å². The van der Waals surface area contributed by atoms with Crippen molar-refractivity contribution in [2.45, 2.75) is 18.4 Å². The first-order valence-corrected chi connectivity index (χ1v) is 9.47. The van der Waals surface area contributed by atoms with Crippen LogP contribution in [0.25, 0.3) is 0 Å². The Bertz CT molecular complexity index is 913. The van der Waals surface area contributed by atoms with Gasteiger partial charge in [0.05, 0.1) is 11.4 Å². The summed E-state index contributed by atoms with van der Waals surface area (Å²) in [5, 5.41) is 5.13. The molecule has 0 saturated heterocycles. The monoisotopic (exact) mass is 393 g/mol. The van der Waals surface area contributed by atoms with Gasteiger partial charge in [-0.05, 0) is 42.0 Å². The highest BCUT2D eigenvalue weighted by atomic mass is 32.2. The van der Waals surface area contributed by atoms with Gasteiger partial charge in [0.25, 0.3) is 0 Å². The second kappa shape index (κ2) is 8.74. The number of halogens is 1. The largest absolute Gasteiger partial charge is 0.351 e. The van der Waals surface area contributed by atoms with Crippen molar-refractivity contribution in [1.82, 2.24) is 9.62 Å². The molecule has 0 aliphatic carbocycles. The number of anilines is 1. The Morgan fingerprint density at radius 3 is 2.19 bits per heavy atom. The highest BCUT2D eigenvalue weighted by Gasteiger charge is 2.22. The number of carbonyl (C=O) groups is 2. The smallest absolute Gasteiger partial charge is 0.243 e. The fourth-order valence-electron chi connectivity index (χ4n) is 2.24. The van der Waals surface area contributed by atoms with Gasteiger partial charge < -0.3 is 10.6 Å². The molecular weight excluding hydrogens is 373 g/mol. The highest BCUT2D eigenvalue weighted by molar-refractivity contribution is 7.89. The number of rotatable bonds is 7. The Labute approximate surface area is 157 Å². The fraction of sp³-hybridized carbons (Fsp3) is 0.222. The van der Waals surface area contributed by atoms with Gasteiger partial charge in [0, 0.05) is 26.2 Å². The highest BCUT2D eigenvalue weighted by Crippen LogP contribution is 2.17. The van der Waals surface area contributed by atoms with Crippen molar-refractivity contribution in [2.75, 3.05) is 18.9 Å². The zero-order valence-corrected chi connectivity index (χ0v) is 15.7. The first kappa shape index (κ1) is 20.5. The molecule has 0 fully saturated rings. The van der Waals surface area contributed by atoms with Crippen molar-refractivity contribution in [1.29, 1.82) is 0 Å². The number of carbonyl (C=O) groups excluding carboxylic acids is 2. The molecule has 0 bridgehead atoms. The van der Waals surface area contributed by atoms with E-state index in [1.807, 2.05) is 0 Å². The number of hydrogen-bond donors (Lipinski definition) is 2. The number of benzene rings is 2. The van der Waals surface area contributed by atoms with Crippen LogP contribution < -0.4 is 10.6 Å². The molecule has 0 radical (unpaired) electrons. The lowest BCUT2D eigenvalue weighted by Gasteiger charge is -2.17. The maximum Gasteiger partial charge on any atom is 0.243 e. The predicted molar refractivity (Wildman–Crippen MR) is 98.8 cm³/mol. The van der Waals surface area contributed by atoms with E-state index in [1.54, 1.807) is 0 Å². The van der Waals surface area contributed by atoms with Crippen molar-refractivity contribution >= 4 is 27.5 Å². The lowest BCUT2D eigenvalue weighted by molar-refractivity contribution is -0.121. The van der Waals surface area contributed by atoms with Crippen LogP contribution in [0.4, 0.5) is 10.1 Å². The van der Waals surface area contributed by atoms with Crippen LogP contribution in [-0.4, -0.2) is 38.1 Å². The van der Waals surface area contributed by atoms with Crippen molar-refractivity contribution in [2.24, 2.45) is 0 Å². The van der Waals surface area contributed by atoms with E-state index in [2.05, 4.69) is 10.6 Å². The number of likely N-dealkylation sites (N-methyl/N-ethyl adjacent to an activating group) is 1. The van der Waals surface area contributed by atoms with Crippen LogP contribution in [0.2, 0.25) is 0 Å². The Hall–Kier alpha value is -2.78. The van der Waals surface area contributed by atoms with Crippen LogP contribution in [0.1, 0.15) is 12.5 Å². The van der Waals surface area contributed by atoms with Gasteiger partial charge in [-0.2, -0.15) is 4.31 Å². The van der Waals surface area contributed by atoms with Gasteiger partial charge in [-0.25, -0.2) is 12.8 Å². The molecule has 2 amide bonds. The molecule has 27 heavy (non-hydrogen) atoms. The van der Waals surface area contributed by atoms with Crippen LogP contribution in [0.5, 0.6) is 0 Å². The van der Waals surface area contributed by atoms with E-state index in [-0.39, 0.29) is 29.7 Å². The topological polar surface area (TPSA) is 95.6 Å². The van der Waals surface area contributed by atoms with E-state index in [4.69, 9.17) is 0 Å². The third-order valence-corrected chi connectivity index (χ3v) is 5.47. The summed E-state index contributed by atoms with van der Waals surface area (Å²) >= 11 is 0. The maximum atomic E-state index is 12.9. The van der Waals surface area contributed by atoms with Crippen molar-refractivity contribution < 1.29 is 22.4 Å². The van der Waals surface area contributed by atoms with Crippen molar-refractivity contribution in [3.63, 3.8) is 0 Å². The minimum atomic E-state index is -3.86. The average molecular weight is 393 g/mol. The second-order valence-electron chi connectivity index (χ2n) is 5.87. The summed E-state index contributed by atoms with van der Waals surface area (Å²) in [6.45, 7) is 1.15. The lowest BCUT2D eigenvalue weighted by atomic mass is 10.2. The van der Waals surface area contributed by atoms with E-state index < -0.39 is 15.9 Å². The molecule has 0 spiro atoms. The summed E-state index contributed by atoms with van der Waals surface area (Å²) in [5.74, 6) is -1.12. The summed E-state index contributed by atoms with van der Waals surface area (Å²) in [5.41, 5.74) is 1.17. The van der Waals surface area contributed by atoms with Gasteiger partial charge in [-0.15, -0.1) is 0 Å². The first-order valence-electron chi connectivity index (χ1n) is 8.03. The third-order valence-electron chi connectivity index (χ3n) is 3.65. The van der Waals surface area contributed by atoms with Gasteiger partial charge in [0.15, 0.2) is 0 Å². The van der Waals surface area contributed by atoms with Gasteiger partial charge in [-0.1, -0.05) is 12.1 Å². The molecule has 0 saturated carbocycles. The standard InChI is InChI=1S/C18H20FN3O4S/c1-13(23)21-16-7-9-17(10-8-16)27(25,26)22(2)12-18(24)20-11-14-3-5-15(19)6-4-14/h3-10H,11-12H2,1-2H3,(H,20,24)(H,21,23). The summed E-state index contributed by atoms with van der Waals surface area (Å²) < 4.78 is 38.8. The van der Waals surface area contributed by atoms with E-state index in [0.717, 1.165) is 4.31 Å². The molecular formula is C18H20FN3O4S. The summed E-state index contributed by atoms with van der Waals surface area (Å²) in [4.78, 5) is 23.0. The summed E-state index contributed by atoms with van der Waals surface area (Å²) in [6.07, 6.45) is 0. The lowest BCUT2D eigenvalue weighted by Crippen LogP contribution is -2.38. The van der Waals surface area contributed by atoms with Crippen molar-refractivity contribution in [3.8, 4) is 0 Å². The molecule has 9 heteroatoms. The molecule has 2 aromatic rings. The van der Waals surface area contributed by atoms with Gasteiger partial charge in [0.1, 0.15) is 5.82 Å². The number of hydrogen-bond acceptors (Lipinski definition) is 4. The van der Waals surface area contributed by atoms with Gasteiger partial charge >= 0.3 is 0 Å². The zero-order chi connectivity index (χ0) is 20.0. The Kier molecular flexibility index (Phi) is 6.65. The SMILES string of the molecule is CC(=O)Nc1ccc(S(=O)(=O)N(C)CC(=O)NCc2ccc(F)cc2)cc1.